The zero-order valence-corrected chi connectivity index (χ0v) is 14.8. The number of nitrogens with zero attached hydrogens (tertiary/aromatic N) is 3. The molecule has 7 nitrogen and oxygen atoms in total. The number of carboxylic acid groups (broad SMARTS) is 1. The van der Waals surface area contributed by atoms with Gasteiger partial charge in [0.1, 0.15) is 0 Å². The Labute approximate surface area is 152 Å². The second kappa shape index (κ2) is 8.14. The van der Waals surface area contributed by atoms with Crippen LogP contribution in [0.15, 0.2) is 36.5 Å². The third-order valence-corrected chi connectivity index (χ3v) is 4.57. The van der Waals surface area contributed by atoms with E-state index in [9.17, 15) is 9.59 Å². The van der Waals surface area contributed by atoms with Crippen LogP contribution < -0.4 is 0 Å². The first-order chi connectivity index (χ1) is 12.6. The van der Waals surface area contributed by atoms with Gasteiger partial charge in [-0.2, -0.15) is 5.10 Å². The van der Waals surface area contributed by atoms with E-state index in [0.29, 0.717) is 18.7 Å². The van der Waals surface area contributed by atoms with Gasteiger partial charge in [0.15, 0.2) is 0 Å². The number of para-hydroxylation sites is 1. The van der Waals surface area contributed by atoms with E-state index in [2.05, 4.69) is 5.10 Å². The number of hydrogen-bond donors (Lipinski definition) is 1. The molecule has 1 N–H and O–H groups in total. The summed E-state index contributed by atoms with van der Waals surface area (Å²) < 4.78 is 7.34. The van der Waals surface area contributed by atoms with Crippen LogP contribution in [0, 0.1) is 6.92 Å². The normalized spacial score (nSPS) is 16.6. The maximum absolute atomic E-state index is 13.0. The van der Waals surface area contributed by atoms with E-state index < -0.39 is 5.97 Å². The van der Waals surface area contributed by atoms with Crippen molar-refractivity contribution in [3.05, 3.63) is 47.8 Å². The van der Waals surface area contributed by atoms with Gasteiger partial charge in [-0.15, -0.1) is 0 Å². The van der Waals surface area contributed by atoms with E-state index >= 15 is 0 Å². The second-order valence-electron chi connectivity index (χ2n) is 6.42. The highest BCUT2D eigenvalue weighted by Crippen LogP contribution is 2.19. The lowest BCUT2D eigenvalue weighted by Crippen LogP contribution is -2.39. The summed E-state index contributed by atoms with van der Waals surface area (Å²) in [5, 5.41) is 13.3. The van der Waals surface area contributed by atoms with Gasteiger partial charge >= 0.3 is 5.97 Å². The average Bonchev–Trinajstić information content (AvgIpc) is 3.28. The number of benzene rings is 1. The summed E-state index contributed by atoms with van der Waals surface area (Å²) in [6.07, 6.45) is 3.28. The largest absolute Gasteiger partial charge is 0.481 e. The minimum atomic E-state index is -0.924. The van der Waals surface area contributed by atoms with Crippen molar-refractivity contribution in [3.8, 4) is 5.69 Å². The molecule has 0 saturated carbocycles. The minimum Gasteiger partial charge on any atom is -0.481 e. The highest BCUT2D eigenvalue weighted by molar-refractivity contribution is 5.95. The van der Waals surface area contributed by atoms with Crippen molar-refractivity contribution in [2.75, 3.05) is 19.7 Å². The summed E-state index contributed by atoms with van der Waals surface area (Å²) in [6.45, 7) is 3.09. The van der Waals surface area contributed by atoms with Crippen molar-refractivity contribution in [1.29, 1.82) is 0 Å². The van der Waals surface area contributed by atoms with E-state index in [1.165, 1.54) is 0 Å². The van der Waals surface area contributed by atoms with Gasteiger partial charge in [0, 0.05) is 19.7 Å². The zero-order chi connectivity index (χ0) is 18.5. The molecule has 0 radical (unpaired) electrons. The van der Waals surface area contributed by atoms with Crippen LogP contribution in [0.2, 0.25) is 0 Å². The number of hydrogen-bond acceptors (Lipinski definition) is 4. The predicted molar refractivity (Wildman–Crippen MR) is 95.4 cm³/mol. The van der Waals surface area contributed by atoms with Crippen LogP contribution in [0.5, 0.6) is 0 Å². The molecule has 3 rings (SSSR count). The topological polar surface area (TPSA) is 84.7 Å². The fourth-order valence-electron chi connectivity index (χ4n) is 3.16. The van der Waals surface area contributed by atoms with Crippen molar-refractivity contribution in [2.45, 2.75) is 32.3 Å². The molecule has 1 aromatic heterocycles. The molecule has 1 fully saturated rings. The Bertz CT molecular complexity index is 766. The first-order valence-electron chi connectivity index (χ1n) is 8.79. The van der Waals surface area contributed by atoms with Crippen LogP contribution in [0.1, 0.15) is 35.3 Å². The molecule has 1 aliphatic heterocycles. The molecule has 1 atom stereocenters. The molecular weight excluding hydrogens is 334 g/mol. The summed E-state index contributed by atoms with van der Waals surface area (Å²) >= 11 is 0. The van der Waals surface area contributed by atoms with Gasteiger partial charge in [-0.25, -0.2) is 4.68 Å². The fourth-order valence-corrected chi connectivity index (χ4v) is 3.16. The van der Waals surface area contributed by atoms with Crippen LogP contribution in [-0.2, 0) is 9.53 Å². The van der Waals surface area contributed by atoms with Gasteiger partial charge in [-0.1, -0.05) is 18.2 Å². The van der Waals surface area contributed by atoms with Crippen molar-refractivity contribution < 1.29 is 19.4 Å². The Morgan fingerprint density at radius 2 is 2.12 bits per heavy atom. The fraction of sp³-hybridized carbons (Fsp3) is 0.421. The Balaban J connectivity index is 1.81. The molecule has 0 spiro atoms. The third kappa shape index (κ3) is 4.11. The SMILES string of the molecule is Cc1c(C(=O)N(CCC(=O)O)C[C@@H]2CCCO2)cnn1-c1ccccc1. The van der Waals surface area contributed by atoms with E-state index in [-0.39, 0.29) is 25.0 Å². The van der Waals surface area contributed by atoms with Crippen molar-refractivity contribution >= 4 is 11.9 Å². The molecule has 0 aliphatic carbocycles. The van der Waals surface area contributed by atoms with Crippen LogP contribution >= 0.6 is 0 Å². The average molecular weight is 357 g/mol. The van der Waals surface area contributed by atoms with Crippen LogP contribution in [0.4, 0.5) is 0 Å². The molecule has 7 heteroatoms. The van der Waals surface area contributed by atoms with Gasteiger partial charge in [-0.05, 0) is 31.9 Å². The number of aliphatic carboxylic acids is 1. The maximum atomic E-state index is 13.0. The molecule has 1 aromatic carbocycles. The van der Waals surface area contributed by atoms with Gasteiger partial charge < -0.3 is 14.7 Å². The van der Waals surface area contributed by atoms with Crippen LogP contribution in [0.25, 0.3) is 5.69 Å². The molecule has 0 bridgehead atoms. The lowest BCUT2D eigenvalue weighted by Gasteiger charge is -2.25. The number of carbonyl (C=O) groups is 2. The monoisotopic (exact) mass is 357 g/mol. The zero-order valence-electron chi connectivity index (χ0n) is 14.8. The lowest BCUT2D eigenvalue weighted by molar-refractivity contribution is -0.137. The van der Waals surface area contributed by atoms with E-state index in [1.807, 2.05) is 37.3 Å². The number of rotatable bonds is 7. The highest BCUT2D eigenvalue weighted by atomic mass is 16.5. The Hall–Kier alpha value is -2.67. The summed E-state index contributed by atoms with van der Waals surface area (Å²) in [7, 11) is 0. The van der Waals surface area contributed by atoms with E-state index in [4.69, 9.17) is 9.84 Å². The third-order valence-electron chi connectivity index (χ3n) is 4.57. The maximum Gasteiger partial charge on any atom is 0.305 e. The molecule has 2 heterocycles. The Morgan fingerprint density at radius 1 is 1.35 bits per heavy atom. The number of carbonyl (C=O) groups excluding carboxylic acids is 1. The highest BCUT2D eigenvalue weighted by Gasteiger charge is 2.26. The number of amides is 1. The molecular formula is C19H23N3O4. The first kappa shape index (κ1) is 18.1. The van der Waals surface area contributed by atoms with Crippen LogP contribution in [-0.4, -0.2) is 57.5 Å². The van der Waals surface area contributed by atoms with Crippen LogP contribution in [0.3, 0.4) is 0 Å². The van der Waals surface area contributed by atoms with Gasteiger partial charge in [-0.3, -0.25) is 9.59 Å². The van der Waals surface area contributed by atoms with Gasteiger partial charge in [0.25, 0.3) is 5.91 Å². The summed E-state index contributed by atoms with van der Waals surface area (Å²) in [5.41, 5.74) is 2.09. The second-order valence-corrected chi connectivity index (χ2v) is 6.42. The molecule has 1 aliphatic rings. The predicted octanol–water partition coefficient (Wildman–Crippen LogP) is 2.28. The molecule has 1 amide bonds. The van der Waals surface area contributed by atoms with E-state index in [1.54, 1.807) is 15.8 Å². The number of ether oxygens (including phenoxy) is 1. The minimum absolute atomic E-state index is 0.0304. The first-order valence-corrected chi connectivity index (χ1v) is 8.79. The summed E-state index contributed by atoms with van der Waals surface area (Å²) in [5.74, 6) is -1.13. The molecule has 26 heavy (non-hydrogen) atoms. The van der Waals surface area contributed by atoms with Crippen molar-refractivity contribution in [1.82, 2.24) is 14.7 Å². The van der Waals surface area contributed by atoms with Crippen molar-refractivity contribution in [3.63, 3.8) is 0 Å². The van der Waals surface area contributed by atoms with Gasteiger partial charge in [0.05, 0.1) is 35.7 Å². The Kier molecular flexibility index (Phi) is 5.68. The summed E-state index contributed by atoms with van der Waals surface area (Å²) in [4.78, 5) is 25.6. The smallest absolute Gasteiger partial charge is 0.305 e. The molecule has 138 valence electrons. The quantitative estimate of drug-likeness (QED) is 0.822. The molecule has 0 unspecified atom stereocenters. The van der Waals surface area contributed by atoms with Gasteiger partial charge in [0.2, 0.25) is 0 Å². The van der Waals surface area contributed by atoms with Crippen molar-refractivity contribution in [2.24, 2.45) is 0 Å². The molecule has 1 saturated heterocycles. The lowest BCUT2D eigenvalue weighted by atomic mass is 10.1. The number of carboxylic acids is 1. The molecule has 2 aromatic rings. The number of aromatic nitrogens is 2. The van der Waals surface area contributed by atoms with E-state index in [0.717, 1.165) is 24.2 Å². The summed E-state index contributed by atoms with van der Waals surface area (Å²) in [6, 6.07) is 9.58. The Morgan fingerprint density at radius 3 is 2.77 bits per heavy atom. The standard InChI is InChI=1S/C19H23N3O4/c1-14-17(12-20-22(14)15-6-3-2-4-7-15)19(25)21(10-9-18(23)24)13-16-8-5-11-26-16/h2-4,6-7,12,16H,5,8-11,13H2,1H3,(H,23,24)/t16-/m0/s1.